The molecule has 2 aliphatic carbocycles. The van der Waals surface area contributed by atoms with Crippen LogP contribution in [0.15, 0.2) is 6.20 Å². The second-order valence-corrected chi connectivity index (χ2v) is 8.36. The third-order valence-corrected chi connectivity index (χ3v) is 5.89. The smallest absolute Gasteiger partial charge is 0.315 e. The van der Waals surface area contributed by atoms with Crippen LogP contribution in [-0.2, 0) is 0 Å². The summed E-state index contributed by atoms with van der Waals surface area (Å²) in [6.07, 6.45) is 10.2. The van der Waals surface area contributed by atoms with Crippen LogP contribution < -0.4 is 10.6 Å². The minimum Gasteiger partial charge on any atom is -0.388 e. The van der Waals surface area contributed by atoms with E-state index in [-0.39, 0.29) is 12.1 Å². The van der Waals surface area contributed by atoms with Crippen molar-refractivity contribution in [1.29, 1.82) is 0 Å². The highest BCUT2D eigenvalue weighted by Crippen LogP contribution is 2.42. The Morgan fingerprint density at radius 1 is 1.39 bits per heavy atom. The molecular weight excluding hydrogens is 310 g/mol. The number of hydrogen-bond acceptors (Lipinski definition) is 4. The molecule has 1 heterocycles. The zero-order valence-corrected chi connectivity index (χ0v) is 14.6. The van der Waals surface area contributed by atoms with Crippen LogP contribution in [0, 0.1) is 12.8 Å². The summed E-state index contributed by atoms with van der Waals surface area (Å²) < 4.78 is 0. The van der Waals surface area contributed by atoms with Crippen molar-refractivity contribution in [2.75, 3.05) is 6.54 Å². The molecular formula is C17H27N3O2S. The maximum atomic E-state index is 12.3. The van der Waals surface area contributed by atoms with Crippen molar-refractivity contribution >= 4 is 17.4 Å². The molecule has 0 spiro atoms. The van der Waals surface area contributed by atoms with E-state index in [1.54, 1.807) is 11.3 Å². The Bertz CT molecular complexity index is 534. The first-order chi connectivity index (χ1) is 11.1. The zero-order valence-electron chi connectivity index (χ0n) is 13.8. The van der Waals surface area contributed by atoms with Gasteiger partial charge in [0.25, 0.3) is 0 Å². The Hall–Kier alpha value is -1.14. The van der Waals surface area contributed by atoms with Crippen molar-refractivity contribution in [3.8, 4) is 0 Å². The molecule has 2 aliphatic rings. The van der Waals surface area contributed by atoms with Crippen LogP contribution >= 0.6 is 11.3 Å². The fourth-order valence-electron chi connectivity index (χ4n) is 3.33. The molecule has 0 saturated heterocycles. The molecule has 6 heteroatoms. The molecule has 1 aromatic rings. The first-order valence-corrected chi connectivity index (χ1v) is 9.56. The number of carbonyl (C=O) groups excluding carboxylic acids is 1. The summed E-state index contributed by atoms with van der Waals surface area (Å²) in [6, 6.07) is -0.176. The third-order valence-electron chi connectivity index (χ3n) is 4.90. The van der Waals surface area contributed by atoms with Crippen LogP contribution in [-0.4, -0.2) is 28.3 Å². The average molecular weight is 337 g/mol. The van der Waals surface area contributed by atoms with Crippen LogP contribution in [0.5, 0.6) is 0 Å². The molecule has 5 nitrogen and oxygen atoms in total. The lowest BCUT2D eigenvalue weighted by atomic mass is 9.94. The van der Waals surface area contributed by atoms with Crippen molar-refractivity contribution < 1.29 is 9.90 Å². The number of aliphatic hydroxyl groups is 1. The van der Waals surface area contributed by atoms with Gasteiger partial charge in [-0.25, -0.2) is 9.78 Å². The molecule has 1 aromatic heterocycles. The average Bonchev–Trinajstić information content (AvgIpc) is 3.30. The maximum absolute atomic E-state index is 12.3. The number of urea groups is 1. The van der Waals surface area contributed by atoms with Gasteiger partial charge in [-0.3, -0.25) is 0 Å². The monoisotopic (exact) mass is 337 g/mol. The highest BCUT2D eigenvalue weighted by Gasteiger charge is 2.36. The first-order valence-electron chi connectivity index (χ1n) is 8.75. The minimum absolute atomic E-state index is 0.0116. The number of carbonyl (C=O) groups is 1. The molecule has 0 bridgehead atoms. The summed E-state index contributed by atoms with van der Waals surface area (Å²) in [5.41, 5.74) is -0.735. The Morgan fingerprint density at radius 3 is 2.65 bits per heavy atom. The van der Waals surface area contributed by atoms with Crippen molar-refractivity contribution in [1.82, 2.24) is 15.6 Å². The van der Waals surface area contributed by atoms with E-state index >= 15 is 0 Å². The van der Waals surface area contributed by atoms with Gasteiger partial charge in [0.15, 0.2) is 0 Å². The molecule has 0 aliphatic heterocycles. The summed E-state index contributed by atoms with van der Waals surface area (Å²) in [5, 5.41) is 17.6. The molecule has 3 N–H and O–H groups in total. The van der Waals surface area contributed by atoms with E-state index in [9.17, 15) is 9.90 Å². The van der Waals surface area contributed by atoms with Crippen LogP contribution in [0.3, 0.4) is 0 Å². The summed E-state index contributed by atoms with van der Waals surface area (Å²) in [6.45, 7) is 2.37. The van der Waals surface area contributed by atoms with E-state index in [0.29, 0.717) is 12.5 Å². The molecule has 2 amide bonds. The van der Waals surface area contributed by atoms with Gasteiger partial charge in [0.2, 0.25) is 0 Å². The topological polar surface area (TPSA) is 74.2 Å². The van der Waals surface area contributed by atoms with Gasteiger partial charge in [0, 0.05) is 17.6 Å². The predicted octanol–water partition coefficient (Wildman–Crippen LogP) is 3.29. The van der Waals surface area contributed by atoms with Crippen molar-refractivity contribution in [2.24, 2.45) is 5.92 Å². The second-order valence-electron chi connectivity index (χ2n) is 7.09. The number of thiazole rings is 1. The Morgan fingerprint density at radius 2 is 2.09 bits per heavy atom. The molecule has 0 aromatic carbocycles. The molecule has 2 saturated carbocycles. The number of hydrogen-bond donors (Lipinski definition) is 3. The van der Waals surface area contributed by atoms with E-state index < -0.39 is 5.60 Å². The summed E-state index contributed by atoms with van der Waals surface area (Å²) in [5.74, 6) is 0.507. The number of rotatable bonds is 5. The fourth-order valence-corrected chi connectivity index (χ4v) is 4.25. The predicted molar refractivity (Wildman–Crippen MR) is 91.5 cm³/mol. The van der Waals surface area contributed by atoms with Crippen molar-refractivity contribution in [2.45, 2.75) is 69.9 Å². The van der Waals surface area contributed by atoms with Gasteiger partial charge in [-0.05, 0) is 38.5 Å². The Labute approximate surface area is 141 Å². The molecule has 2 fully saturated rings. The van der Waals surface area contributed by atoms with Crippen molar-refractivity contribution in [3.63, 3.8) is 0 Å². The molecule has 23 heavy (non-hydrogen) atoms. The van der Waals surface area contributed by atoms with Crippen LogP contribution in [0.25, 0.3) is 0 Å². The largest absolute Gasteiger partial charge is 0.388 e. The molecule has 0 radical (unpaired) electrons. The summed E-state index contributed by atoms with van der Waals surface area (Å²) >= 11 is 1.65. The quantitative estimate of drug-likeness (QED) is 0.722. The SMILES string of the molecule is Cc1cnc(C(NC(=O)NCC2(O)CCCCCC2)C2CC2)s1. The summed E-state index contributed by atoms with van der Waals surface area (Å²) in [4.78, 5) is 17.9. The first kappa shape index (κ1) is 16.7. The van der Waals surface area contributed by atoms with E-state index in [2.05, 4.69) is 15.6 Å². The van der Waals surface area contributed by atoms with Gasteiger partial charge in [-0.15, -0.1) is 11.3 Å². The molecule has 128 valence electrons. The lowest BCUT2D eigenvalue weighted by molar-refractivity contribution is 0.0275. The van der Waals surface area contributed by atoms with E-state index in [4.69, 9.17) is 0 Å². The fraction of sp³-hybridized carbons (Fsp3) is 0.765. The lowest BCUT2D eigenvalue weighted by Gasteiger charge is -2.27. The standard InChI is InChI=1S/C17H27N3O2S/c1-12-10-18-15(23-12)14(13-6-7-13)20-16(21)19-11-17(22)8-4-2-3-5-9-17/h10,13-14,22H,2-9,11H2,1H3,(H2,19,20,21). The van der Waals surface area contributed by atoms with Crippen molar-refractivity contribution in [3.05, 3.63) is 16.1 Å². The Balaban J connectivity index is 1.53. The number of aryl methyl sites for hydroxylation is 1. The van der Waals surface area contributed by atoms with E-state index in [1.165, 1.54) is 17.7 Å². The molecule has 1 atom stereocenters. The second kappa shape index (κ2) is 7.18. The van der Waals surface area contributed by atoms with E-state index in [0.717, 1.165) is 43.5 Å². The van der Waals surface area contributed by atoms with Gasteiger partial charge in [0.05, 0.1) is 11.6 Å². The number of nitrogens with one attached hydrogen (secondary N) is 2. The number of amides is 2. The zero-order chi connectivity index (χ0) is 16.3. The maximum Gasteiger partial charge on any atom is 0.315 e. The van der Waals surface area contributed by atoms with Gasteiger partial charge in [0.1, 0.15) is 5.01 Å². The minimum atomic E-state index is -0.735. The molecule has 3 rings (SSSR count). The van der Waals surface area contributed by atoms with Crippen LogP contribution in [0.4, 0.5) is 4.79 Å². The normalized spacial score (nSPS) is 22.2. The van der Waals surface area contributed by atoms with Gasteiger partial charge >= 0.3 is 6.03 Å². The van der Waals surface area contributed by atoms with E-state index in [1.807, 2.05) is 13.1 Å². The van der Waals surface area contributed by atoms with Crippen LogP contribution in [0.2, 0.25) is 0 Å². The van der Waals surface area contributed by atoms with Crippen LogP contribution in [0.1, 0.15) is 67.3 Å². The van der Waals surface area contributed by atoms with Gasteiger partial charge in [-0.2, -0.15) is 0 Å². The third kappa shape index (κ3) is 4.67. The van der Waals surface area contributed by atoms with Gasteiger partial charge in [-0.1, -0.05) is 25.7 Å². The highest BCUT2D eigenvalue weighted by molar-refractivity contribution is 7.11. The lowest BCUT2D eigenvalue weighted by Crippen LogP contribution is -2.47. The summed E-state index contributed by atoms with van der Waals surface area (Å²) in [7, 11) is 0. The Kier molecular flexibility index (Phi) is 5.21. The number of aromatic nitrogens is 1. The van der Waals surface area contributed by atoms with Gasteiger partial charge < -0.3 is 15.7 Å². The number of nitrogens with zero attached hydrogens (tertiary/aromatic N) is 1. The highest BCUT2D eigenvalue weighted by atomic mass is 32.1. The molecule has 1 unspecified atom stereocenters.